The van der Waals surface area contributed by atoms with Crippen LogP contribution in [0.25, 0.3) is 0 Å². The highest BCUT2D eigenvalue weighted by Gasteiger charge is 2.64. The molecule has 1 aliphatic heterocycles. The van der Waals surface area contributed by atoms with Crippen LogP contribution in [0.2, 0.25) is 0 Å². The highest BCUT2D eigenvalue weighted by Crippen LogP contribution is 2.42. The Hall–Kier alpha value is -0.890. The van der Waals surface area contributed by atoms with Gasteiger partial charge in [-0.15, -0.1) is 0 Å². The van der Waals surface area contributed by atoms with Gasteiger partial charge in [-0.3, -0.25) is 4.90 Å². The largest absolute Gasteiger partial charge is 0.425 e. The minimum absolute atomic E-state index is 0.0293. The minimum Gasteiger partial charge on any atom is -0.363 e. The second kappa shape index (κ2) is 8.69. The predicted octanol–water partition coefficient (Wildman–Crippen LogP) is 4.13. The summed E-state index contributed by atoms with van der Waals surface area (Å²) in [6, 6.07) is -3.41. The zero-order chi connectivity index (χ0) is 23.0. The zero-order valence-corrected chi connectivity index (χ0v) is 15.6. The molecule has 0 N–H and O–H groups in total. The van der Waals surface area contributed by atoms with Crippen molar-refractivity contribution in [2.45, 2.75) is 62.5 Å². The lowest BCUT2D eigenvalue weighted by Gasteiger charge is -2.43. The third-order valence-electron chi connectivity index (χ3n) is 4.70. The number of ether oxygens (including phenoxy) is 1. The number of rotatable bonds is 7. The second-order valence-corrected chi connectivity index (χ2v) is 6.96. The van der Waals surface area contributed by atoms with E-state index in [4.69, 9.17) is 0 Å². The fourth-order valence-electron chi connectivity index (χ4n) is 2.88. The van der Waals surface area contributed by atoms with Gasteiger partial charge in [0.15, 0.2) is 6.04 Å². The van der Waals surface area contributed by atoms with Gasteiger partial charge in [-0.1, -0.05) is 0 Å². The number of halogens is 11. The molecule has 1 fully saturated rings. The molecule has 0 aromatic carbocycles. The Bertz CT molecular complexity index is 529. The summed E-state index contributed by atoms with van der Waals surface area (Å²) in [5.41, 5.74) is 0. The summed E-state index contributed by atoms with van der Waals surface area (Å²) >= 11 is 0. The molecule has 0 saturated carbocycles. The number of hydrogen-bond donors (Lipinski definition) is 0. The molecular formula is C15H21F11N2O. The fraction of sp³-hybridized carbons (Fsp3) is 1.00. The SMILES string of the molecule is CC(OC(C)C(F)(F)[C@@H](F)C(F)(F)F)C(F)(F)C(N1CCN(C)CC1)C(F)(F)F. The van der Waals surface area contributed by atoms with Crippen LogP contribution in [0.4, 0.5) is 48.3 Å². The summed E-state index contributed by atoms with van der Waals surface area (Å²) < 4.78 is 150. The van der Waals surface area contributed by atoms with Crippen molar-refractivity contribution in [3.8, 4) is 0 Å². The van der Waals surface area contributed by atoms with E-state index in [-0.39, 0.29) is 20.0 Å². The lowest BCUT2D eigenvalue weighted by Crippen LogP contribution is -2.64. The highest BCUT2D eigenvalue weighted by atomic mass is 19.4. The Morgan fingerprint density at radius 2 is 1.10 bits per heavy atom. The Morgan fingerprint density at radius 1 is 0.690 bits per heavy atom. The summed E-state index contributed by atoms with van der Waals surface area (Å²) in [4.78, 5) is 2.00. The molecule has 4 atom stereocenters. The topological polar surface area (TPSA) is 15.7 Å². The van der Waals surface area contributed by atoms with Crippen molar-refractivity contribution in [3.05, 3.63) is 0 Å². The van der Waals surface area contributed by atoms with Crippen molar-refractivity contribution >= 4 is 0 Å². The Kier molecular flexibility index (Phi) is 7.84. The van der Waals surface area contributed by atoms with Gasteiger partial charge in [-0.2, -0.15) is 26.3 Å². The smallest absolute Gasteiger partial charge is 0.363 e. The summed E-state index contributed by atoms with van der Waals surface area (Å²) in [5, 5.41) is 0. The summed E-state index contributed by atoms with van der Waals surface area (Å²) in [7, 11) is 1.56. The normalized spacial score (nSPS) is 23.0. The second-order valence-electron chi connectivity index (χ2n) is 6.96. The summed E-state index contributed by atoms with van der Waals surface area (Å²) in [6.07, 6.45) is -22.2. The molecule has 0 spiro atoms. The van der Waals surface area contributed by atoms with E-state index < -0.39 is 61.7 Å². The maximum Gasteiger partial charge on any atom is 0.425 e. The lowest BCUT2D eigenvalue weighted by atomic mass is 10.0. The standard InChI is InChI=1S/C15H21F11N2O/c1-8(12(17,18)10(16)14(21,22)23)29-9(2)13(19,20)11(15(24,25)26)28-6-4-27(3)5-7-28/h8-11H,4-7H2,1-3H3/t8?,9?,10-,11?/m1/s1. The number of hydrogen-bond acceptors (Lipinski definition) is 3. The molecular weight excluding hydrogens is 433 g/mol. The van der Waals surface area contributed by atoms with Crippen molar-refractivity contribution in [2.75, 3.05) is 33.2 Å². The van der Waals surface area contributed by atoms with Gasteiger partial charge in [0, 0.05) is 26.2 Å². The van der Waals surface area contributed by atoms with E-state index in [1.54, 1.807) is 11.9 Å². The van der Waals surface area contributed by atoms with Crippen LogP contribution in [0.15, 0.2) is 0 Å². The van der Waals surface area contributed by atoms with Crippen LogP contribution < -0.4 is 0 Å². The average Bonchev–Trinajstić information content (AvgIpc) is 2.53. The van der Waals surface area contributed by atoms with Gasteiger partial charge in [0.1, 0.15) is 12.2 Å². The molecule has 0 bridgehead atoms. The molecule has 174 valence electrons. The van der Waals surface area contributed by atoms with Crippen molar-refractivity contribution in [2.24, 2.45) is 0 Å². The van der Waals surface area contributed by atoms with Gasteiger partial charge >= 0.3 is 18.3 Å². The van der Waals surface area contributed by atoms with Crippen LogP contribution in [0, 0.1) is 0 Å². The first-order valence-corrected chi connectivity index (χ1v) is 8.44. The van der Waals surface area contributed by atoms with E-state index in [2.05, 4.69) is 4.74 Å². The van der Waals surface area contributed by atoms with Crippen molar-refractivity contribution < 1.29 is 53.0 Å². The van der Waals surface area contributed by atoms with Crippen LogP contribution in [0.1, 0.15) is 13.8 Å². The minimum atomic E-state index is -6.01. The predicted molar refractivity (Wildman–Crippen MR) is 79.8 cm³/mol. The van der Waals surface area contributed by atoms with Gasteiger partial charge in [-0.25, -0.2) is 22.0 Å². The first-order chi connectivity index (χ1) is 12.8. The number of nitrogens with zero attached hydrogens (tertiary/aromatic N) is 2. The molecule has 0 radical (unpaired) electrons. The first-order valence-electron chi connectivity index (χ1n) is 8.44. The third kappa shape index (κ3) is 6.06. The third-order valence-corrected chi connectivity index (χ3v) is 4.70. The average molecular weight is 454 g/mol. The first kappa shape index (κ1) is 26.1. The number of piperazine rings is 1. The van der Waals surface area contributed by atoms with Crippen molar-refractivity contribution in [1.29, 1.82) is 0 Å². The molecule has 1 rings (SSSR count). The Morgan fingerprint density at radius 3 is 1.48 bits per heavy atom. The molecule has 0 aliphatic carbocycles. The van der Waals surface area contributed by atoms with Crippen LogP contribution in [-0.2, 0) is 4.74 Å². The maximum atomic E-state index is 14.6. The Balaban J connectivity index is 3.05. The van der Waals surface area contributed by atoms with E-state index in [0.717, 1.165) is 0 Å². The van der Waals surface area contributed by atoms with E-state index in [1.807, 2.05) is 0 Å². The fourth-order valence-corrected chi connectivity index (χ4v) is 2.88. The van der Waals surface area contributed by atoms with Gasteiger partial charge in [0.05, 0.1) is 0 Å². The van der Waals surface area contributed by atoms with E-state index >= 15 is 0 Å². The number of alkyl halides is 11. The van der Waals surface area contributed by atoms with Crippen LogP contribution in [-0.4, -0.2) is 91.6 Å². The van der Waals surface area contributed by atoms with Crippen LogP contribution in [0.5, 0.6) is 0 Å². The molecule has 1 saturated heterocycles. The van der Waals surface area contributed by atoms with E-state index in [9.17, 15) is 48.3 Å². The summed E-state index contributed by atoms with van der Waals surface area (Å²) in [5.74, 6) is -10.1. The molecule has 0 aromatic heterocycles. The molecule has 14 heteroatoms. The quantitative estimate of drug-likeness (QED) is 0.539. The monoisotopic (exact) mass is 454 g/mol. The van der Waals surface area contributed by atoms with E-state index in [1.165, 1.54) is 0 Å². The highest BCUT2D eigenvalue weighted by molar-refractivity contribution is 4.98. The molecule has 0 aromatic rings. The van der Waals surface area contributed by atoms with Crippen LogP contribution >= 0.6 is 0 Å². The number of likely N-dealkylation sites (N-methyl/N-ethyl adjacent to an activating group) is 1. The molecule has 3 unspecified atom stereocenters. The molecule has 1 aliphatic rings. The van der Waals surface area contributed by atoms with Gasteiger partial charge in [-0.05, 0) is 20.9 Å². The van der Waals surface area contributed by atoms with Gasteiger partial charge in [0.2, 0.25) is 0 Å². The molecule has 29 heavy (non-hydrogen) atoms. The lowest BCUT2D eigenvalue weighted by molar-refractivity contribution is -0.304. The Labute approximate surface area is 159 Å². The van der Waals surface area contributed by atoms with E-state index in [0.29, 0.717) is 11.8 Å². The van der Waals surface area contributed by atoms with Gasteiger partial charge in [0.25, 0.3) is 12.1 Å². The maximum absolute atomic E-state index is 14.6. The molecule has 3 nitrogen and oxygen atoms in total. The van der Waals surface area contributed by atoms with Crippen molar-refractivity contribution in [1.82, 2.24) is 9.80 Å². The van der Waals surface area contributed by atoms with Gasteiger partial charge < -0.3 is 9.64 Å². The van der Waals surface area contributed by atoms with Crippen LogP contribution in [0.3, 0.4) is 0 Å². The zero-order valence-electron chi connectivity index (χ0n) is 15.6. The van der Waals surface area contributed by atoms with Crippen molar-refractivity contribution in [3.63, 3.8) is 0 Å². The molecule has 0 amide bonds. The summed E-state index contributed by atoms with van der Waals surface area (Å²) in [6.45, 7) is -0.251. The molecule has 1 heterocycles.